The number of rotatable bonds is 6. The average Bonchev–Trinajstić information content (AvgIpc) is 2.46. The van der Waals surface area contributed by atoms with Crippen LogP contribution in [0.25, 0.3) is 0 Å². The van der Waals surface area contributed by atoms with E-state index in [1.807, 2.05) is 13.0 Å². The van der Waals surface area contributed by atoms with Gasteiger partial charge >= 0.3 is 0 Å². The summed E-state index contributed by atoms with van der Waals surface area (Å²) in [7, 11) is 0. The number of aryl methyl sites for hydroxylation is 3. The van der Waals surface area contributed by atoms with Crippen molar-refractivity contribution in [2.45, 2.75) is 27.2 Å². The average molecular weight is 282 g/mol. The van der Waals surface area contributed by atoms with Crippen LogP contribution in [0.5, 0.6) is 0 Å². The van der Waals surface area contributed by atoms with Crippen molar-refractivity contribution in [1.29, 1.82) is 0 Å². The van der Waals surface area contributed by atoms with E-state index in [-0.39, 0.29) is 0 Å². The normalized spacial score (nSPS) is 10.2. The van der Waals surface area contributed by atoms with Gasteiger partial charge in [0.15, 0.2) is 0 Å². The summed E-state index contributed by atoms with van der Waals surface area (Å²) < 4.78 is 0. The van der Waals surface area contributed by atoms with Gasteiger partial charge in [-0.1, -0.05) is 31.2 Å². The molecule has 0 aliphatic heterocycles. The monoisotopic (exact) mass is 282 g/mol. The first kappa shape index (κ1) is 15.0. The Hall–Kier alpha value is -2.36. The van der Waals surface area contributed by atoms with Gasteiger partial charge in [-0.25, -0.2) is 4.98 Å². The van der Waals surface area contributed by atoms with Crippen LogP contribution in [0.2, 0.25) is 0 Å². The second-order valence-corrected chi connectivity index (χ2v) is 4.98. The number of benzene rings is 1. The first-order valence-electron chi connectivity index (χ1n) is 7.20. The van der Waals surface area contributed by atoms with Crippen LogP contribution >= 0.6 is 0 Å². The van der Waals surface area contributed by atoms with Crippen LogP contribution in [0.3, 0.4) is 0 Å². The number of para-hydroxylation sites is 1. The fraction of sp³-hybridized carbons (Fsp3) is 0.294. The van der Waals surface area contributed by atoms with Gasteiger partial charge in [-0.2, -0.15) is 4.98 Å². The number of hydrogen-bond acceptors (Lipinski definition) is 4. The van der Waals surface area contributed by atoms with Crippen molar-refractivity contribution in [3.63, 3.8) is 0 Å². The molecule has 2 N–H and O–H groups in total. The minimum absolute atomic E-state index is 0.616. The molecule has 0 aliphatic carbocycles. The Morgan fingerprint density at radius 1 is 1.24 bits per heavy atom. The molecule has 4 nitrogen and oxygen atoms in total. The Morgan fingerprint density at radius 2 is 2.05 bits per heavy atom. The summed E-state index contributed by atoms with van der Waals surface area (Å²) in [5, 5.41) is 6.56. The smallest absolute Gasteiger partial charge is 0.229 e. The topological polar surface area (TPSA) is 49.8 Å². The van der Waals surface area contributed by atoms with Gasteiger partial charge in [-0.3, -0.25) is 0 Å². The summed E-state index contributed by atoms with van der Waals surface area (Å²) >= 11 is 0. The summed E-state index contributed by atoms with van der Waals surface area (Å²) in [6, 6.07) is 8.22. The van der Waals surface area contributed by atoms with E-state index in [0.717, 1.165) is 23.6 Å². The van der Waals surface area contributed by atoms with E-state index < -0.39 is 0 Å². The number of anilines is 3. The van der Waals surface area contributed by atoms with E-state index in [1.165, 1.54) is 11.1 Å². The molecule has 110 valence electrons. The first-order valence-corrected chi connectivity index (χ1v) is 7.20. The van der Waals surface area contributed by atoms with E-state index in [1.54, 1.807) is 6.08 Å². The third-order valence-electron chi connectivity index (χ3n) is 3.26. The fourth-order valence-electron chi connectivity index (χ4n) is 2.21. The van der Waals surface area contributed by atoms with E-state index in [0.29, 0.717) is 12.5 Å². The molecule has 0 unspecified atom stereocenters. The SMILES string of the molecule is C=CCNc1cc(C)nc(Nc2c(C)cccc2CC)n1. The van der Waals surface area contributed by atoms with Crippen LogP contribution in [-0.4, -0.2) is 16.5 Å². The van der Waals surface area contributed by atoms with Crippen molar-refractivity contribution in [3.8, 4) is 0 Å². The Morgan fingerprint density at radius 3 is 2.76 bits per heavy atom. The van der Waals surface area contributed by atoms with Crippen LogP contribution in [0.4, 0.5) is 17.5 Å². The van der Waals surface area contributed by atoms with Gasteiger partial charge < -0.3 is 10.6 Å². The molecule has 0 saturated carbocycles. The number of nitrogens with zero attached hydrogens (tertiary/aromatic N) is 2. The molecule has 1 aromatic carbocycles. The fourth-order valence-corrected chi connectivity index (χ4v) is 2.21. The van der Waals surface area contributed by atoms with Crippen LogP contribution in [0, 0.1) is 13.8 Å². The summed E-state index contributed by atoms with van der Waals surface area (Å²) in [6.45, 7) is 10.6. The van der Waals surface area contributed by atoms with Crippen molar-refractivity contribution >= 4 is 17.5 Å². The molecule has 0 spiro atoms. The molecule has 2 rings (SSSR count). The summed E-state index contributed by atoms with van der Waals surface area (Å²) in [4.78, 5) is 8.97. The molecule has 0 aliphatic rings. The molecule has 0 fully saturated rings. The molecule has 0 atom stereocenters. The Labute approximate surface area is 126 Å². The quantitative estimate of drug-likeness (QED) is 0.786. The highest BCUT2D eigenvalue weighted by Crippen LogP contribution is 2.24. The van der Waals surface area contributed by atoms with Gasteiger partial charge in [-0.15, -0.1) is 6.58 Å². The maximum atomic E-state index is 4.50. The molecule has 1 heterocycles. The Balaban J connectivity index is 2.31. The number of nitrogens with one attached hydrogen (secondary N) is 2. The predicted molar refractivity (Wildman–Crippen MR) is 89.3 cm³/mol. The second-order valence-electron chi connectivity index (χ2n) is 4.98. The van der Waals surface area contributed by atoms with Gasteiger partial charge in [0.25, 0.3) is 0 Å². The minimum atomic E-state index is 0.616. The van der Waals surface area contributed by atoms with Gasteiger partial charge in [0, 0.05) is 24.0 Å². The highest BCUT2D eigenvalue weighted by molar-refractivity contribution is 5.64. The van der Waals surface area contributed by atoms with Crippen LogP contribution in [-0.2, 0) is 6.42 Å². The van der Waals surface area contributed by atoms with Gasteiger partial charge in [0.05, 0.1) is 0 Å². The molecule has 21 heavy (non-hydrogen) atoms. The first-order chi connectivity index (χ1) is 10.1. The summed E-state index contributed by atoms with van der Waals surface area (Å²) in [6.07, 6.45) is 2.78. The number of aromatic nitrogens is 2. The number of hydrogen-bond donors (Lipinski definition) is 2. The highest BCUT2D eigenvalue weighted by atomic mass is 15.1. The Bertz CT molecular complexity index is 635. The van der Waals surface area contributed by atoms with Gasteiger partial charge in [-0.05, 0) is 31.4 Å². The van der Waals surface area contributed by atoms with E-state index >= 15 is 0 Å². The molecule has 4 heteroatoms. The molecule has 0 saturated heterocycles. The molecular formula is C17H22N4. The molecule has 2 aromatic rings. The summed E-state index contributed by atoms with van der Waals surface area (Å²) in [5.74, 6) is 1.42. The summed E-state index contributed by atoms with van der Waals surface area (Å²) in [5.41, 5.74) is 4.48. The lowest BCUT2D eigenvalue weighted by atomic mass is 10.1. The lowest BCUT2D eigenvalue weighted by Gasteiger charge is -2.14. The van der Waals surface area contributed by atoms with Crippen molar-refractivity contribution in [2.75, 3.05) is 17.2 Å². The van der Waals surface area contributed by atoms with Crippen molar-refractivity contribution in [2.24, 2.45) is 0 Å². The second kappa shape index (κ2) is 6.88. The van der Waals surface area contributed by atoms with Crippen molar-refractivity contribution < 1.29 is 0 Å². The third kappa shape index (κ3) is 3.81. The molecule has 0 radical (unpaired) electrons. The van der Waals surface area contributed by atoms with Gasteiger partial charge in [0.2, 0.25) is 5.95 Å². The lowest BCUT2D eigenvalue weighted by Crippen LogP contribution is -2.06. The largest absolute Gasteiger partial charge is 0.366 e. The molecular weight excluding hydrogens is 260 g/mol. The van der Waals surface area contributed by atoms with Crippen molar-refractivity contribution in [1.82, 2.24) is 9.97 Å². The predicted octanol–water partition coefficient (Wildman–Crippen LogP) is 4.00. The highest BCUT2D eigenvalue weighted by Gasteiger charge is 2.07. The van der Waals surface area contributed by atoms with Gasteiger partial charge in [0.1, 0.15) is 5.82 Å². The zero-order valence-corrected chi connectivity index (χ0v) is 12.9. The zero-order valence-electron chi connectivity index (χ0n) is 12.9. The van der Waals surface area contributed by atoms with E-state index in [2.05, 4.69) is 59.2 Å². The molecule has 1 aromatic heterocycles. The van der Waals surface area contributed by atoms with E-state index in [4.69, 9.17) is 0 Å². The van der Waals surface area contributed by atoms with Crippen molar-refractivity contribution in [3.05, 3.63) is 53.7 Å². The molecule has 0 amide bonds. The van der Waals surface area contributed by atoms with E-state index in [9.17, 15) is 0 Å². The maximum Gasteiger partial charge on any atom is 0.229 e. The zero-order chi connectivity index (χ0) is 15.2. The van der Waals surface area contributed by atoms with Crippen LogP contribution < -0.4 is 10.6 Å². The van der Waals surface area contributed by atoms with Crippen LogP contribution in [0.15, 0.2) is 36.9 Å². The maximum absolute atomic E-state index is 4.50. The Kier molecular flexibility index (Phi) is 4.93. The standard InChI is InChI=1S/C17H22N4/c1-5-10-18-15-11-13(4)19-17(20-15)21-16-12(3)8-7-9-14(16)6-2/h5,7-9,11H,1,6,10H2,2-4H3,(H2,18,19,20,21). The van der Waals surface area contributed by atoms with Crippen LogP contribution in [0.1, 0.15) is 23.7 Å². The molecule has 0 bridgehead atoms. The lowest BCUT2D eigenvalue weighted by molar-refractivity contribution is 1.08. The minimum Gasteiger partial charge on any atom is -0.366 e. The third-order valence-corrected chi connectivity index (χ3v) is 3.26.